The summed E-state index contributed by atoms with van der Waals surface area (Å²) in [4.78, 5) is 22.2. The van der Waals surface area contributed by atoms with Crippen LogP contribution in [0.4, 0.5) is 0 Å². The summed E-state index contributed by atoms with van der Waals surface area (Å²) in [6, 6.07) is 6.72. The van der Waals surface area contributed by atoms with Gasteiger partial charge in [0.2, 0.25) is 5.91 Å². The number of hydrogen-bond donors (Lipinski definition) is 3. The molecule has 0 fully saturated rings. The second-order valence-electron chi connectivity index (χ2n) is 4.82. The van der Waals surface area contributed by atoms with Crippen LogP contribution >= 0.6 is 11.8 Å². The smallest absolute Gasteiger partial charge is 0.327 e. The van der Waals surface area contributed by atoms with Crippen molar-refractivity contribution in [1.82, 2.24) is 5.32 Å². The highest BCUT2D eigenvalue weighted by molar-refractivity contribution is 7.99. The summed E-state index contributed by atoms with van der Waals surface area (Å²) in [6.45, 7) is 1.29. The van der Waals surface area contributed by atoms with Crippen molar-refractivity contribution in [3.8, 4) is 0 Å². The molecule has 3 N–H and O–H groups in total. The van der Waals surface area contributed by atoms with Crippen molar-refractivity contribution in [3.05, 3.63) is 41.5 Å². The predicted molar refractivity (Wildman–Crippen MR) is 81.9 cm³/mol. The number of rotatable bonds is 5. The molecule has 112 valence electrons. The first-order chi connectivity index (χ1) is 9.99. The average Bonchev–Trinajstić information content (AvgIpc) is 2.44. The quantitative estimate of drug-likeness (QED) is 0.766. The number of thioether (sulfide) groups is 1. The van der Waals surface area contributed by atoms with Crippen LogP contribution < -0.4 is 5.32 Å². The van der Waals surface area contributed by atoms with Crippen LogP contribution in [0.5, 0.6) is 0 Å². The number of aliphatic hydroxyl groups is 1. The number of carbonyl (C=O) groups is 2. The molecule has 0 saturated heterocycles. The molecule has 0 spiro atoms. The molecule has 0 bridgehead atoms. The van der Waals surface area contributed by atoms with E-state index in [2.05, 4.69) is 5.32 Å². The van der Waals surface area contributed by atoms with E-state index in [0.29, 0.717) is 0 Å². The van der Waals surface area contributed by atoms with Gasteiger partial charge in [0.15, 0.2) is 0 Å². The molecular weight excluding hydrogens is 290 g/mol. The third-order valence-corrected chi connectivity index (χ3v) is 4.62. The Kier molecular flexibility index (Phi) is 5.03. The van der Waals surface area contributed by atoms with Gasteiger partial charge in [0, 0.05) is 12.7 Å². The predicted octanol–water partition coefficient (Wildman–Crippen LogP) is 1.44. The third-order valence-electron chi connectivity index (χ3n) is 3.20. The fourth-order valence-corrected chi connectivity index (χ4v) is 3.53. The van der Waals surface area contributed by atoms with Crippen LogP contribution in [-0.2, 0) is 9.59 Å². The molecule has 6 heteroatoms. The van der Waals surface area contributed by atoms with Crippen LogP contribution in [0.3, 0.4) is 0 Å². The largest absolute Gasteiger partial charge is 0.480 e. The zero-order chi connectivity index (χ0) is 15.4. The minimum atomic E-state index is -1.08. The van der Waals surface area contributed by atoms with E-state index in [1.165, 1.54) is 18.7 Å². The van der Waals surface area contributed by atoms with Crippen molar-refractivity contribution in [1.29, 1.82) is 0 Å². The van der Waals surface area contributed by atoms with Crippen molar-refractivity contribution in [2.45, 2.75) is 24.3 Å². The fraction of sp³-hybridized carbons (Fsp3) is 0.333. The van der Waals surface area contributed by atoms with Crippen molar-refractivity contribution < 1.29 is 19.8 Å². The fourth-order valence-electron chi connectivity index (χ4n) is 2.22. The molecule has 0 heterocycles. The summed E-state index contributed by atoms with van der Waals surface area (Å²) < 4.78 is 0. The summed E-state index contributed by atoms with van der Waals surface area (Å²) >= 11 is 1.33. The normalized spacial score (nSPS) is 21.4. The maximum atomic E-state index is 11.1. The van der Waals surface area contributed by atoms with Crippen LogP contribution in [0.1, 0.15) is 23.3 Å². The zero-order valence-corrected chi connectivity index (χ0v) is 12.3. The van der Waals surface area contributed by atoms with Gasteiger partial charge >= 0.3 is 5.97 Å². The number of amides is 1. The molecule has 1 aliphatic carbocycles. The molecule has 1 aliphatic rings. The lowest BCUT2D eigenvalue weighted by Gasteiger charge is -2.27. The Bertz CT molecular complexity index is 573. The Morgan fingerprint density at radius 3 is 2.76 bits per heavy atom. The Labute approximate surface area is 127 Å². The van der Waals surface area contributed by atoms with Crippen LogP contribution in [0, 0.1) is 0 Å². The number of nitrogens with one attached hydrogen (secondary N) is 1. The van der Waals surface area contributed by atoms with Crippen LogP contribution in [-0.4, -0.2) is 40.0 Å². The standard InChI is InChI=1S/C15H17NO4S/c1-9(17)16-12(15(19)20)8-21-14-11-5-3-2-4-10(11)6-7-13(14)18/h2-7,12-14,18H,8H2,1H3,(H,16,17)(H,19,20)/t12-,13-,14-/m0/s1. The lowest BCUT2D eigenvalue weighted by Crippen LogP contribution is -2.41. The van der Waals surface area contributed by atoms with E-state index >= 15 is 0 Å². The maximum Gasteiger partial charge on any atom is 0.327 e. The molecule has 3 atom stereocenters. The van der Waals surface area contributed by atoms with Gasteiger partial charge in [0.05, 0.1) is 11.4 Å². The highest BCUT2D eigenvalue weighted by Crippen LogP contribution is 2.38. The monoisotopic (exact) mass is 307 g/mol. The molecule has 1 aromatic rings. The molecule has 5 nitrogen and oxygen atoms in total. The van der Waals surface area contributed by atoms with Gasteiger partial charge < -0.3 is 15.5 Å². The van der Waals surface area contributed by atoms with Gasteiger partial charge in [-0.05, 0) is 11.1 Å². The zero-order valence-electron chi connectivity index (χ0n) is 11.5. The molecule has 21 heavy (non-hydrogen) atoms. The summed E-state index contributed by atoms with van der Waals surface area (Å²) in [5, 5.41) is 21.4. The highest BCUT2D eigenvalue weighted by Gasteiger charge is 2.27. The summed E-state index contributed by atoms with van der Waals surface area (Å²) in [6.07, 6.45) is 2.89. The number of benzene rings is 1. The van der Waals surface area contributed by atoms with Crippen LogP contribution in [0.2, 0.25) is 0 Å². The van der Waals surface area contributed by atoms with Gasteiger partial charge in [-0.3, -0.25) is 4.79 Å². The number of fused-ring (bicyclic) bond motifs is 1. The van der Waals surface area contributed by atoms with Gasteiger partial charge in [0.1, 0.15) is 6.04 Å². The van der Waals surface area contributed by atoms with Gasteiger partial charge in [-0.2, -0.15) is 0 Å². The summed E-state index contributed by atoms with van der Waals surface area (Å²) in [7, 11) is 0. The van der Waals surface area contributed by atoms with Gasteiger partial charge in [0.25, 0.3) is 0 Å². The first-order valence-corrected chi connectivity index (χ1v) is 7.60. The molecular formula is C15H17NO4S. The van der Waals surface area contributed by atoms with Gasteiger partial charge in [-0.25, -0.2) is 4.79 Å². The number of hydrogen-bond acceptors (Lipinski definition) is 4. The Morgan fingerprint density at radius 1 is 1.38 bits per heavy atom. The number of aliphatic carboxylic acids is 1. The number of carbonyl (C=O) groups excluding carboxylic acids is 1. The first-order valence-electron chi connectivity index (χ1n) is 6.55. The van der Waals surface area contributed by atoms with Crippen LogP contribution in [0.15, 0.2) is 30.3 Å². The second-order valence-corrected chi connectivity index (χ2v) is 6.00. The van der Waals surface area contributed by atoms with E-state index in [9.17, 15) is 14.7 Å². The minimum absolute atomic E-state index is 0.193. The lowest BCUT2D eigenvalue weighted by atomic mass is 9.95. The molecule has 0 aromatic heterocycles. The third kappa shape index (κ3) is 3.86. The molecule has 0 radical (unpaired) electrons. The van der Waals surface area contributed by atoms with Crippen molar-refractivity contribution in [2.75, 3.05) is 5.75 Å². The van der Waals surface area contributed by atoms with Crippen molar-refractivity contribution in [2.24, 2.45) is 0 Å². The van der Waals surface area contributed by atoms with E-state index in [0.717, 1.165) is 11.1 Å². The summed E-state index contributed by atoms with van der Waals surface area (Å²) in [5.74, 6) is -1.27. The Hall–Kier alpha value is -1.79. The molecule has 1 aromatic carbocycles. The topological polar surface area (TPSA) is 86.6 Å². The van der Waals surface area contributed by atoms with E-state index in [1.807, 2.05) is 30.3 Å². The van der Waals surface area contributed by atoms with Gasteiger partial charge in [-0.1, -0.05) is 36.4 Å². The van der Waals surface area contributed by atoms with Gasteiger partial charge in [-0.15, -0.1) is 11.8 Å². The number of carboxylic acids is 1. The molecule has 2 rings (SSSR count). The van der Waals surface area contributed by atoms with E-state index in [4.69, 9.17) is 5.11 Å². The number of aliphatic hydroxyl groups excluding tert-OH is 1. The Balaban J connectivity index is 2.09. The number of carboxylic acid groups (broad SMARTS) is 1. The van der Waals surface area contributed by atoms with Crippen LogP contribution in [0.25, 0.3) is 6.08 Å². The van der Waals surface area contributed by atoms with E-state index in [1.54, 1.807) is 6.08 Å². The van der Waals surface area contributed by atoms with E-state index < -0.39 is 18.1 Å². The SMILES string of the molecule is CC(=O)N[C@@H](CS[C@H]1c2ccccc2C=C[C@@H]1O)C(=O)O. The highest BCUT2D eigenvalue weighted by atomic mass is 32.2. The molecule has 0 unspecified atom stereocenters. The second kappa shape index (κ2) is 6.78. The Morgan fingerprint density at radius 2 is 2.10 bits per heavy atom. The molecule has 0 saturated carbocycles. The molecule has 0 aliphatic heterocycles. The summed E-state index contributed by atoms with van der Waals surface area (Å²) in [5.41, 5.74) is 2.00. The van der Waals surface area contributed by atoms with Crippen molar-refractivity contribution in [3.63, 3.8) is 0 Å². The first kappa shape index (κ1) is 15.6. The van der Waals surface area contributed by atoms with E-state index in [-0.39, 0.29) is 16.9 Å². The average molecular weight is 307 g/mol. The molecule has 1 amide bonds. The van der Waals surface area contributed by atoms with Crippen molar-refractivity contribution >= 4 is 29.7 Å². The maximum absolute atomic E-state index is 11.1. The minimum Gasteiger partial charge on any atom is -0.480 e. The lowest BCUT2D eigenvalue weighted by molar-refractivity contribution is -0.140.